The van der Waals surface area contributed by atoms with Crippen LogP contribution in [0.5, 0.6) is 0 Å². The largest absolute Gasteiger partial charge is 0.330 e. The predicted octanol–water partition coefficient (Wildman–Crippen LogP) is 1.35. The van der Waals surface area contributed by atoms with E-state index < -0.39 is 11.9 Å². The molecule has 1 saturated heterocycles. The summed E-state index contributed by atoms with van der Waals surface area (Å²) < 4.78 is 1.44. The third-order valence-electron chi connectivity index (χ3n) is 3.79. The monoisotopic (exact) mass is 287 g/mol. The summed E-state index contributed by atoms with van der Waals surface area (Å²) in [6.07, 6.45) is 1.78. The van der Waals surface area contributed by atoms with Crippen LogP contribution in [-0.4, -0.2) is 21.7 Å². The lowest BCUT2D eigenvalue weighted by Crippen LogP contribution is -2.33. The minimum Gasteiger partial charge on any atom is -0.274 e. The van der Waals surface area contributed by atoms with Crippen LogP contribution in [0.4, 0.5) is 0 Å². The van der Waals surface area contributed by atoms with E-state index in [1.807, 2.05) is 37.4 Å². The topological polar surface area (TPSA) is 67.3 Å². The van der Waals surface area contributed by atoms with E-state index in [9.17, 15) is 9.59 Å². The van der Waals surface area contributed by atoms with Crippen LogP contribution in [-0.2, 0) is 4.84 Å². The van der Waals surface area contributed by atoms with Gasteiger partial charge in [-0.1, -0.05) is 30.3 Å². The molecular formula is C15H17N3O3. The zero-order valence-electron chi connectivity index (χ0n) is 11.9. The Labute approximate surface area is 121 Å². The average molecular weight is 287 g/mol. The van der Waals surface area contributed by atoms with Gasteiger partial charge in [0.25, 0.3) is 5.56 Å². The number of benzene rings is 1. The van der Waals surface area contributed by atoms with Crippen molar-refractivity contribution in [2.75, 3.05) is 7.05 Å². The third-order valence-corrected chi connectivity index (χ3v) is 3.79. The van der Waals surface area contributed by atoms with Crippen molar-refractivity contribution in [3.63, 3.8) is 0 Å². The number of rotatable bonds is 2. The van der Waals surface area contributed by atoms with Crippen molar-refractivity contribution in [1.82, 2.24) is 14.6 Å². The molecule has 1 aliphatic heterocycles. The van der Waals surface area contributed by atoms with E-state index in [2.05, 4.69) is 4.98 Å². The Bertz CT molecular complexity index is 751. The molecule has 6 heteroatoms. The fourth-order valence-electron chi connectivity index (χ4n) is 2.63. The van der Waals surface area contributed by atoms with E-state index in [0.717, 1.165) is 5.56 Å². The number of aromatic amines is 1. The van der Waals surface area contributed by atoms with Crippen LogP contribution in [0.1, 0.15) is 29.8 Å². The molecule has 6 nitrogen and oxygen atoms in total. The highest BCUT2D eigenvalue weighted by Gasteiger charge is 2.33. The highest BCUT2D eigenvalue weighted by atomic mass is 16.7. The van der Waals surface area contributed by atoms with E-state index in [-0.39, 0.29) is 11.6 Å². The second-order valence-electron chi connectivity index (χ2n) is 5.25. The van der Waals surface area contributed by atoms with Crippen molar-refractivity contribution in [3.8, 4) is 0 Å². The van der Waals surface area contributed by atoms with Crippen LogP contribution in [0.2, 0.25) is 0 Å². The maximum absolute atomic E-state index is 11.9. The quantitative estimate of drug-likeness (QED) is 0.905. The van der Waals surface area contributed by atoms with Crippen molar-refractivity contribution in [1.29, 1.82) is 0 Å². The van der Waals surface area contributed by atoms with Crippen LogP contribution < -0.4 is 11.2 Å². The molecule has 0 aliphatic carbocycles. The van der Waals surface area contributed by atoms with Crippen LogP contribution in [0, 0.1) is 6.92 Å². The molecule has 1 N–H and O–H groups in total. The van der Waals surface area contributed by atoms with Crippen molar-refractivity contribution >= 4 is 0 Å². The number of hydrogen-bond donors (Lipinski definition) is 1. The molecule has 0 radical (unpaired) electrons. The fraction of sp³-hybridized carbons (Fsp3) is 0.333. The first-order valence-electron chi connectivity index (χ1n) is 6.83. The normalized spacial score (nSPS) is 22.6. The number of hydroxylamine groups is 2. The van der Waals surface area contributed by atoms with E-state index >= 15 is 0 Å². The van der Waals surface area contributed by atoms with Crippen molar-refractivity contribution in [2.24, 2.45) is 0 Å². The van der Waals surface area contributed by atoms with Crippen LogP contribution in [0.25, 0.3) is 0 Å². The summed E-state index contributed by atoms with van der Waals surface area (Å²) in [5.74, 6) is 0. The zero-order chi connectivity index (χ0) is 15.0. The summed E-state index contributed by atoms with van der Waals surface area (Å²) in [7, 11) is 1.85. The molecule has 2 heterocycles. The second kappa shape index (κ2) is 5.31. The number of nitrogens with zero attached hydrogens (tertiary/aromatic N) is 2. The first-order valence-corrected chi connectivity index (χ1v) is 6.83. The lowest BCUT2D eigenvalue weighted by molar-refractivity contribution is -0.167. The smallest absolute Gasteiger partial charge is 0.274 e. The summed E-state index contributed by atoms with van der Waals surface area (Å²) >= 11 is 0. The molecule has 0 spiro atoms. The van der Waals surface area contributed by atoms with Crippen LogP contribution in [0.15, 0.2) is 46.1 Å². The lowest BCUT2D eigenvalue weighted by Gasteiger charge is -2.17. The number of aromatic nitrogens is 2. The highest BCUT2D eigenvalue weighted by Crippen LogP contribution is 2.36. The summed E-state index contributed by atoms with van der Waals surface area (Å²) in [4.78, 5) is 31.4. The number of H-pyrrole nitrogens is 1. The molecular weight excluding hydrogens is 270 g/mol. The van der Waals surface area contributed by atoms with E-state index in [1.165, 1.54) is 4.57 Å². The van der Waals surface area contributed by atoms with Crippen LogP contribution >= 0.6 is 0 Å². The Morgan fingerprint density at radius 1 is 1.24 bits per heavy atom. The van der Waals surface area contributed by atoms with E-state index in [1.54, 1.807) is 18.2 Å². The summed E-state index contributed by atoms with van der Waals surface area (Å²) in [5.41, 5.74) is 0.820. The van der Waals surface area contributed by atoms with Gasteiger partial charge in [-0.05, 0) is 12.5 Å². The number of nitrogens with one attached hydrogen (secondary N) is 1. The molecule has 0 bridgehead atoms. The van der Waals surface area contributed by atoms with Crippen molar-refractivity contribution in [2.45, 2.75) is 25.6 Å². The summed E-state index contributed by atoms with van der Waals surface area (Å²) in [6.45, 7) is 1.67. The maximum Gasteiger partial charge on any atom is 0.330 e. The summed E-state index contributed by atoms with van der Waals surface area (Å²) in [6, 6.07) is 10.1. The van der Waals surface area contributed by atoms with Gasteiger partial charge in [0.1, 0.15) is 0 Å². The Hall–Kier alpha value is -2.18. The Morgan fingerprint density at radius 3 is 2.67 bits per heavy atom. The Balaban J connectivity index is 1.92. The van der Waals surface area contributed by atoms with Gasteiger partial charge in [-0.2, -0.15) is 5.06 Å². The molecule has 2 aromatic rings. The molecule has 0 unspecified atom stereocenters. The molecule has 1 fully saturated rings. The average Bonchev–Trinajstić information content (AvgIpc) is 2.85. The van der Waals surface area contributed by atoms with Crippen molar-refractivity contribution < 1.29 is 4.84 Å². The summed E-state index contributed by atoms with van der Waals surface area (Å²) in [5, 5.41) is 1.76. The molecule has 0 amide bonds. The van der Waals surface area contributed by atoms with Crippen molar-refractivity contribution in [3.05, 3.63) is 68.5 Å². The van der Waals surface area contributed by atoms with Gasteiger partial charge in [0.2, 0.25) is 0 Å². The minimum atomic E-state index is -0.447. The standard InChI is InChI=1S/C15H17N3O3/c1-10-9-18(15(20)16-14(10)19)13-8-12(17(2)21-13)11-6-4-3-5-7-11/h3-7,9,12-13H,8H2,1-2H3,(H,16,19,20)/t12-,13-/m0/s1. The van der Waals surface area contributed by atoms with Gasteiger partial charge in [-0.15, -0.1) is 0 Å². The number of aryl methyl sites for hydroxylation is 1. The molecule has 0 saturated carbocycles. The molecule has 21 heavy (non-hydrogen) atoms. The SMILES string of the molecule is Cc1cn([C@@H]2C[C@@H](c3ccccc3)N(C)O2)c(=O)[nH]c1=O. The van der Waals surface area contributed by atoms with Gasteiger partial charge in [-0.25, -0.2) is 4.79 Å². The third kappa shape index (κ3) is 2.55. The Kier molecular flexibility index (Phi) is 3.48. The van der Waals surface area contributed by atoms with Gasteiger partial charge in [0.15, 0.2) is 6.23 Å². The van der Waals surface area contributed by atoms with Gasteiger partial charge < -0.3 is 0 Å². The molecule has 1 aromatic heterocycles. The fourth-order valence-corrected chi connectivity index (χ4v) is 2.63. The van der Waals surface area contributed by atoms with Gasteiger partial charge in [0.05, 0.1) is 6.04 Å². The maximum atomic E-state index is 11.9. The minimum absolute atomic E-state index is 0.0790. The molecule has 3 rings (SSSR count). The van der Waals surface area contributed by atoms with Gasteiger partial charge in [-0.3, -0.25) is 19.2 Å². The lowest BCUT2D eigenvalue weighted by atomic mass is 10.0. The molecule has 2 atom stereocenters. The first kappa shape index (κ1) is 13.8. The van der Waals surface area contributed by atoms with E-state index in [0.29, 0.717) is 12.0 Å². The zero-order valence-corrected chi connectivity index (χ0v) is 11.9. The number of hydrogen-bond acceptors (Lipinski definition) is 4. The molecule has 1 aromatic carbocycles. The Morgan fingerprint density at radius 2 is 1.95 bits per heavy atom. The van der Waals surface area contributed by atoms with Crippen LogP contribution in [0.3, 0.4) is 0 Å². The van der Waals surface area contributed by atoms with Gasteiger partial charge >= 0.3 is 5.69 Å². The predicted molar refractivity (Wildman–Crippen MR) is 77.7 cm³/mol. The highest BCUT2D eigenvalue weighted by molar-refractivity contribution is 5.19. The molecule has 110 valence electrons. The van der Waals surface area contributed by atoms with Gasteiger partial charge in [0, 0.05) is 25.2 Å². The molecule has 1 aliphatic rings. The second-order valence-corrected chi connectivity index (χ2v) is 5.25. The first-order chi connectivity index (χ1) is 10.1. The van der Waals surface area contributed by atoms with E-state index in [4.69, 9.17) is 4.84 Å².